The molecule has 52 heavy (non-hydrogen) atoms. The molecule has 0 spiro atoms. The lowest BCUT2D eigenvalue weighted by atomic mass is 9.82. The Morgan fingerprint density at radius 1 is 1.04 bits per heavy atom. The highest BCUT2D eigenvalue weighted by Crippen LogP contribution is 2.48. The minimum absolute atomic E-state index is 0.0469. The van der Waals surface area contributed by atoms with Gasteiger partial charge in [-0.3, -0.25) is 34.2 Å². The summed E-state index contributed by atoms with van der Waals surface area (Å²) in [7, 11) is 1.70. The average molecular weight is 790 g/mol. The molecule has 5 aliphatic rings. The van der Waals surface area contributed by atoms with Crippen LogP contribution in [0.1, 0.15) is 60.2 Å². The molecule has 1 unspecified atom stereocenters. The van der Waals surface area contributed by atoms with Crippen molar-refractivity contribution >= 4 is 79.6 Å². The van der Waals surface area contributed by atoms with Crippen molar-refractivity contribution in [1.29, 1.82) is 0 Å². The number of aryl methyl sites for hydroxylation is 1. The third-order valence-electron chi connectivity index (χ3n) is 11.0. The number of carbonyl (C=O) groups excluding carboxylic acids is 4. The van der Waals surface area contributed by atoms with Crippen LogP contribution in [-0.2, 0) is 16.6 Å². The summed E-state index contributed by atoms with van der Waals surface area (Å²) in [6.45, 7) is 6.78. The summed E-state index contributed by atoms with van der Waals surface area (Å²) in [6.07, 6.45) is 5.28. The zero-order valence-corrected chi connectivity index (χ0v) is 31.3. The number of hydrogen-bond donors (Lipinski definition) is 2. The molecule has 1 aromatic carbocycles. The first kappa shape index (κ1) is 34.3. The highest BCUT2D eigenvalue weighted by Gasteiger charge is 2.51. The molecular formula is C36H37BrN8O6S. The number of pyridine rings is 2. The number of halogens is 1. The highest BCUT2D eigenvalue weighted by molar-refractivity contribution is 9.10. The molecule has 2 N–H and O–H groups in total. The van der Waals surface area contributed by atoms with Crippen LogP contribution in [-0.4, -0.2) is 97.9 Å². The third-order valence-corrected chi connectivity index (χ3v) is 12.0. The van der Waals surface area contributed by atoms with Crippen LogP contribution in [0.5, 0.6) is 5.75 Å². The van der Waals surface area contributed by atoms with Crippen LogP contribution in [0.25, 0.3) is 0 Å². The molecule has 3 aromatic rings. The van der Waals surface area contributed by atoms with Crippen molar-refractivity contribution in [2.75, 3.05) is 41.4 Å². The van der Waals surface area contributed by atoms with Crippen LogP contribution in [0.2, 0.25) is 0 Å². The Kier molecular flexibility index (Phi) is 8.36. The third kappa shape index (κ3) is 5.54. The minimum Gasteiger partial charge on any atom is -0.488 e. The Hall–Kier alpha value is -4.83. The van der Waals surface area contributed by atoms with Crippen molar-refractivity contribution in [3.05, 3.63) is 68.7 Å². The number of piperazine rings is 1. The lowest BCUT2D eigenvalue weighted by molar-refractivity contribution is -0.136. The maximum Gasteiger partial charge on any atom is 0.274 e. The molecule has 5 aliphatic heterocycles. The predicted octanol–water partition coefficient (Wildman–Crippen LogP) is 3.35. The van der Waals surface area contributed by atoms with Crippen LogP contribution < -0.4 is 30.7 Å². The van der Waals surface area contributed by atoms with Gasteiger partial charge in [-0.1, -0.05) is 12.2 Å². The molecule has 4 amide bonds. The van der Waals surface area contributed by atoms with Crippen LogP contribution in [0, 0.1) is 0 Å². The first-order valence-corrected chi connectivity index (χ1v) is 18.5. The summed E-state index contributed by atoms with van der Waals surface area (Å²) in [5.74, 6) is -1.24. The fourth-order valence-electron chi connectivity index (χ4n) is 8.32. The van der Waals surface area contributed by atoms with Gasteiger partial charge >= 0.3 is 0 Å². The number of piperidine rings is 2. The number of thiocarbonyl (C=S) groups is 1. The fraction of sp³-hybridized carbons (Fsp3) is 0.417. The number of imide groups is 2. The van der Waals surface area contributed by atoms with Crippen LogP contribution in [0.15, 0.2) is 52.0 Å². The number of hydrogen-bond acceptors (Lipinski definition) is 11. The summed E-state index contributed by atoms with van der Waals surface area (Å²) in [4.78, 5) is 77.3. The van der Waals surface area contributed by atoms with Gasteiger partial charge in [-0.2, -0.15) is 0 Å². The number of nitrogens with one attached hydrogen (secondary N) is 2. The van der Waals surface area contributed by atoms with E-state index in [2.05, 4.69) is 60.1 Å². The lowest BCUT2D eigenvalue weighted by Gasteiger charge is -2.55. The van der Waals surface area contributed by atoms with Gasteiger partial charge in [0.25, 0.3) is 17.4 Å². The minimum atomic E-state index is -1.04. The first-order chi connectivity index (χ1) is 24.8. The van der Waals surface area contributed by atoms with E-state index in [9.17, 15) is 24.0 Å². The van der Waals surface area contributed by atoms with E-state index in [1.165, 1.54) is 4.57 Å². The van der Waals surface area contributed by atoms with Gasteiger partial charge in [-0.15, -0.1) is 0 Å². The Bertz CT molecular complexity index is 2130. The number of nitrogens with zero attached hydrogens (tertiary/aromatic N) is 6. The molecule has 3 saturated heterocycles. The largest absolute Gasteiger partial charge is 0.488 e. The van der Waals surface area contributed by atoms with Gasteiger partial charge in [0.15, 0.2) is 5.75 Å². The van der Waals surface area contributed by atoms with E-state index in [-0.39, 0.29) is 41.6 Å². The number of amides is 4. The second-order valence-corrected chi connectivity index (χ2v) is 15.6. The molecule has 0 saturated carbocycles. The molecular weight excluding hydrogens is 752 g/mol. The van der Waals surface area contributed by atoms with Gasteiger partial charge in [0.05, 0.1) is 40.3 Å². The topological polar surface area (TPSA) is 149 Å². The average Bonchev–Trinajstić information content (AvgIpc) is 3.36. The fourth-order valence-corrected chi connectivity index (χ4v) is 9.22. The molecule has 0 radical (unpaired) electrons. The number of anilines is 4. The van der Waals surface area contributed by atoms with Crippen molar-refractivity contribution < 1.29 is 23.9 Å². The zero-order chi connectivity index (χ0) is 36.6. The number of aromatic nitrogens is 2. The quantitative estimate of drug-likeness (QED) is 0.289. The van der Waals surface area contributed by atoms with Gasteiger partial charge in [0, 0.05) is 49.8 Å². The van der Waals surface area contributed by atoms with Crippen molar-refractivity contribution in [2.45, 2.75) is 63.2 Å². The first-order valence-electron chi connectivity index (χ1n) is 17.3. The number of ether oxygens (including phenoxy) is 1. The molecule has 2 aromatic heterocycles. The van der Waals surface area contributed by atoms with E-state index >= 15 is 0 Å². The second-order valence-electron chi connectivity index (χ2n) is 14.3. The van der Waals surface area contributed by atoms with Crippen molar-refractivity contribution in [3.8, 4) is 5.75 Å². The predicted molar refractivity (Wildman–Crippen MR) is 200 cm³/mol. The van der Waals surface area contributed by atoms with Gasteiger partial charge in [-0.25, -0.2) is 4.98 Å². The Labute approximate surface area is 313 Å². The summed E-state index contributed by atoms with van der Waals surface area (Å²) in [5, 5.41) is 5.37. The van der Waals surface area contributed by atoms with E-state index in [0.29, 0.717) is 30.4 Å². The molecule has 14 nitrogen and oxygen atoms in total. The summed E-state index contributed by atoms with van der Waals surface area (Å²) >= 11 is 9.54. The summed E-state index contributed by atoms with van der Waals surface area (Å²) in [5.41, 5.74) is 1.97. The maximum atomic E-state index is 13.7. The monoisotopic (exact) mass is 788 g/mol. The maximum absolute atomic E-state index is 13.7. The van der Waals surface area contributed by atoms with E-state index in [0.717, 1.165) is 51.7 Å². The molecule has 3 fully saturated rings. The number of fused-ring (bicyclic) bond motifs is 5. The highest BCUT2D eigenvalue weighted by atomic mass is 79.9. The summed E-state index contributed by atoms with van der Waals surface area (Å²) < 4.78 is 8.66. The molecule has 7 heterocycles. The smallest absolute Gasteiger partial charge is 0.274 e. The molecule has 270 valence electrons. The van der Waals surface area contributed by atoms with E-state index in [1.54, 1.807) is 31.6 Å². The number of rotatable bonds is 5. The standard InChI is InChI=1S/C36H37BrN8O6S/c1-19-35(52)43(13-12-42(19)22-4-8-27(38-16-22)39-24-14-20(37)17-41(3)33(24)49)21-10-11-44-25-6-5-23-29(30(25)51-18-36(44,2)15-21)34(50)45(32(23)48)26-7-9-28(46)40-31(26)47/h4-6,8,14,16-17,19,21,26H,7,9-13,15,18H2,1-3H3,(H,38,39)(H,40,46,47)/t19-,21-,26?,36+/m0/s1. The molecule has 0 aliphatic carbocycles. The van der Waals surface area contributed by atoms with E-state index in [1.807, 2.05) is 18.2 Å². The number of benzene rings is 1. The Morgan fingerprint density at radius 3 is 2.58 bits per heavy atom. The summed E-state index contributed by atoms with van der Waals surface area (Å²) in [6, 6.07) is 8.16. The molecule has 4 atom stereocenters. The van der Waals surface area contributed by atoms with Gasteiger partial charge in [0.1, 0.15) is 29.1 Å². The van der Waals surface area contributed by atoms with Crippen molar-refractivity contribution in [2.24, 2.45) is 7.05 Å². The SMILES string of the molecule is C[C@H]1C(=S)N([C@H]2CCN3c4ccc5c(c4OC[C@@]3(C)C2)C(=O)N(C2CCC(=O)NC2=O)C5=O)CCN1c1ccc(Nc2cc(Br)cn(C)c2=O)nc1. The number of carbonyl (C=O) groups is 4. The molecule has 16 heteroatoms. The normalized spacial score (nSPS) is 25.8. The Balaban J connectivity index is 0.949. The lowest BCUT2D eigenvalue weighted by Crippen LogP contribution is -2.65. The van der Waals surface area contributed by atoms with Crippen molar-refractivity contribution in [3.63, 3.8) is 0 Å². The molecule has 8 rings (SSSR count). The van der Waals surface area contributed by atoms with Gasteiger partial charge < -0.3 is 29.3 Å². The van der Waals surface area contributed by atoms with E-state index in [4.69, 9.17) is 17.0 Å². The van der Waals surface area contributed by atoms with Crippen LogP contribution in [0.3, 0.4) is 0 Å². The second kappa shape index (κ2) is 12.7. The van der Waals surface area contributed by atoms with Gasteiger partial charge in [0.2, 0.25) is 11.8 Å². The van der Waals surface area contributed by atoms with Crippen molar-refractivity contribution in [1.82, 2.24) is 24.7 Å². The van der Waals surface area contributed by atoms with Gasteiger partial charge in [-0.05, 0) is 79.4 Å². The zero-order valence-electron chi connectivity index (χ0n) is 28.8. The molecule has 0 bridgehead atoms. The Morgan fingerprint density at radius 2 is 1.83 bits per heavy atom. The van der Waals surface area contributed by atoms with Crippen LogP contribution >= 0.6 is 28.1 Å². The van der Waals surface area contributed by atoms with E-state index < -0.39 is 35.2 Å². The van der Waals surface area contributed by atoms with Crippen LogP contribution in [0.4, 0.5) is 22.9 Å².